The largest absolute Gasteiger partial charge is 0.496 e. The molecule has 0 bridgehead atoms. The highest BCUT2D eigenvalue weighted by molar-refractivity contribution is 5.72. The van der Waals surface area contributed by atoms with Crippen LogP contribution in [0.3, 0.4) is 0 Å². The summed E-state index contributed by atoms with van der Waals surface area (Å²) in [6, 6.07) is 15.3. The van der Waals surface area contributed by atoms with Crippen molar-refractivity contribution in [3.8, 4) is 11.5 Å². The van der Waals surface area contributed by atoms with Crippen LogP contribution in [0, 0.1) is 0 Å². The molecule has 22 heavy (non-hydrogen) atoms. The highest BCUT2D eigenvalue weighted by Crippen LogP contribution is 2.38. The van der Waals surface area contributed by atoms with E-state index in [2.05, 4.69) is 0 Å². The minimum Gasteiger partial charge on any atom is -0.496 e. The molecule has 0 N–H and O–H groups in total. The molecular weight excluding hydrogens is 280 g/mol. The van der Waals surface area contributed by atoms with Crippen molar-refractivity contribution in [3.05, 3.63) is 59.7 Å². The smallest absolute Gasteiger partial charge is 0.306 e. The summed E-state index contributed by atoms with van der Waals surface area (Å²) in [5.41, 5.74) is 1.86. The normalized spacial score (nSPS) is 10.4. The lowest BCUT2D eigenvalue weighted by molar-refractivity contribution is -0.140. The van der Waals surface area contributed by atoms with Crippen molar-refractivity contribution < 1.29 is 19.0 Å². The van der Waals surface area contributed by atoms with Gasteiger partial charge in [-0.3, -0.25) is 4.79 Å². The predicted octanol–water partition coefficient (Wildman–Crippen LogP) is 3.40. The molecule has 2 aromatic carbocycles. The maximum atomic E-state index is 11.9. The molecule has 0 saturated heterocycles. The second kappa shape index (κ2) is 7.50. The van der Waals surface area contributed by atoms with Crippen LogP contribution >= 0.6 is 0 Å². The molecule has 0 radical (unpaired) electrons. The van der Waals surface area contributed by atoms with Gasteiger partial charge in [0.1, 0.15) is 11.5 Å². The lowest BCUT2D eigenvalue weighted by atomic mass is 9.87. The fourth-order valence-corrected chi connectivity index (χ4v) is 2.55. The molecule has 116 valence electrons. The molecule has 0 aliphatic carbocycles. The quantitative estimate of drug-likeness (QED) is 0.767. The van der Waals surface area contributed by atoms with Gasteiger partial charge in [-0.15, -0.1) is 0 Å². The molecular formula is C18H20O4. The molecule has 4 heteroatoms. The lowest BCUT2D eigenvalue weighted by Gasteiger charge is -2.21. The van der Waals surface area contributed by atoms with Crippen molar-refractivity contribution in [1.29, 1.82) is 0 Å². The first-order valence-electron chi connectivity index (χ1n) is 7.04. The van der Waals surface area contributed by atoms with Crippen molar-refractivity contribution in [1.82, 2.24) is 0 Å². The van der Waals surface area contributed by atoms with Gasteiger partial charge in [0.05, 0.1) is 27.8 Å². The van der Waals surface area contributed by atoms with Crippen molar-refractivity contribution in [3.63, 3.8) is 0 Å². The lowest BCUT2D eigenvalue weighted by Crippen LogP contribution is -2.12. The predicted molar refractivity (Wildman–Crippen MR) is 84.5 cm³/mol. The minimum absolute atomic E-state index is 0.195. The Bertz CT molecular complexity index is 589. The van der Waals surface area contributed by atoms with Crippen LogP contribution in [0.25, 0.3) is 0 Å². The van der Waals surface area contributed by atoms with Gasteiger partial charge in [0.25, 0.3) is 0 Å². The standard InChI is InChI=1S/C18H20O4/c1-20-16-10-6-4-8-13(16)15(12-18(19)22-3)14-9-5-7-11-17(14)21-2/h4-11,15H,12H2,1-3H3. The Morgan fingerprint density at radius 2 is 1.32 bits per heavy atom. The Kier molecular flexibility index (Phi) is 5.42. The fraction of sp³-hybridized carbons (Fsp3) is 0.278. The van der Waals surface area contributed by atoms with E-state index < -0.39 is 0 Å². The topological polar surface area (TPSA) is 44.8 Å². The van der Waals surface area contributed by atoms with Crippen molar-refractivity contribution >= 4 is 5.97 Å². The van der Waals surface area contributed by atoms with Crippen LogP contribution in [0.1, 0.15) is 23.5 Å². The molecule has 2 rings (SSSR count). The SMILES string of the molecule is COC(=O)CC(c1ccccc1OC)c1ccccc1OC. The third-order valence-corrected chi connectivity index (χ3v) is 3.63. The number of hydrogen-bond donors (Lipinski definition) is 0. The van der Waals surface area contributed by atoms with Gasteiger partial charge in [0.15, 0.2) is 0 Å². The van der Waals surface area contributed by atoms with Crippen molar-refractivity contribution in [2.45, 2.75) is 12.3 Å². The van der Waals surface area contributed by atoms with E-state index in [1.807, 2.05) is 48.5 Å². The molecule has 0 aliphatic rings. The second-order valence-corrected chi connectivity index (χ2v) is 4.82. The third kappa shape index (κ3) is 3.39. The van der Waals surface area contributed by atoms with E-state index in [-0.39, 0.29) is 18.3 Å². The zero-order valence-electron chi connectivity index (χ0n) is 13.0. The highest BCUT2D eigenvalue weighted by Gasteiger charge is 2.24. The monoisotopic (exact) mass is 300 g/mol. The first-order valence-corrected chi connectivity index (χ1v) is 7.04. The van der Waals surface area contributed by atoms with Gasteiger partial charge in [-0.25, -0.2) is 0 Å². The molecule has 0 atom stereocenters. The molecule has 0 heterocycles. The van der Waals surface area contributed by atoms with Gasteiger partial charge in [0, 0.05) is 17.0 Å². The summed E-state index contributed by atoms with van der Waals surface area (Å²) in [4.78, 5) is 11.9. The highest BCUT2D eigenvalue weighted by atomic mass is 16.5. The van der Waals surface area contributed by atoms with Gasteiger partial charge in [-0.2, -0.15) is 0 Å². The Labute approximate surface area is 130 Å². The average molecular weight is 300 g/mol. The number of ether oxygens (including phenoxy) is 3. The van der Waals surface area contributed by atoms with Gasteiger partial charge < -0.3 is 14.2 Å². The van der Waals surface area contributed by atoms with Crippen LogP contribution in [-0.2, 0) is 9.53 Å². The molecule has 0 aromatic heterocycles. The summed E-state index contributed by atoms with van der Waals surface area (Å²) in [5, 5.41) is 0. The van der Waals surface area contributed by atoms with Gasteiger partial charge in [0.2, 0.25) is 0 Å². The van der Waals surface area contributed by atoms with Gasteiger partial charge in [-0.1, -0.05) is 36.4 Å². The zero-order valence-corrected chi connectivity index (χ0v) is 13.0. The number of carbonyl (C=O) groups excluding carboxylic acids is 1. The molecule has 4 nitrogen and oxygen atoms in total. The maximum absolute atomic E-state index is 11.9. The van der Waals surface area contributed by atoms with Gasteiger partial charge >= 0.3 is 5.97 Å². The number of rotatable bonds is 6. The van der Waals surface area contributed by atoms with E-state index in [0.717, 1.165) is 22.6 Å². The van der Waals surface area contributed by atoms with E-state index in [9.17, 15) is 4.79 Å². The average Bonchev–Trinajstić information content (AvgIpc) is 2.59. The second-order valence-electron chi connectivity index (χ2n) is 4.82. The number of para-hydroxylation sites is 2. The van der Waals surface area contributed by atoms with Crippen molar-refractivity contribution in [2.24, 2.45) is 0 Å². The number of carbonyl (C=O) groups is 1. The zero-order chi connectivity index (χ0) is 15.9. The summed E-state index contributed by atoms with van der Waals surface area (Å²) in [5.74, 6) is 1.01. The van der Waals surface area contributed by atoms with Crippen LogP contribution in [-0.4, -0.2) is 27.3 Å². The Balaban J connectivity index is 2.53. The Morgan fingerprint density at radius 1 is 0.864 bits per heavy atom. The van der Waals surface area contributed by atoms with Crippen LogP contribution in [0.5, 0.6) is 11.5 Å². The summed E-state index contributed by atoms with van der Waals surface area (Å²) < 4.78 is 15.7. The number of benzene rings is 2. The first-order chi connectivity index (χ1) is 10.7. The van der Waals surface area contributed by atoms with Crippen LogP contribution in [0.4, 0.5) is 0 Å². The molecule has 0 saturated carbocycles. The van der Waals surface area contributed by atoms with E-state index in [0.29, 0.717) is 0 Å². The number of hydrogen-bond acceptors (Lipinski definition) is 4. The summed E-state index contributed by atoms with van der Waals surface area (Å²) in [6.45, 7) is 0. The van der Waals surface area contributed by atoms with Crippen LogP contribution in [0.15, 0.2) is 48.5 Å². The Morgan fingerprint density at radius 3 is 1.73 bits per heavy atom. The fourth-order valence-electron chi connectivity index (χ4n) is 2.55. The summed E-state index contributed by atoms with van der Waals surface area (Å²) in [6.07, 6.45) is 0.219. The van der Waals surface area contributed by atoms with Crippen molar-refractivity contribution in [2.75, 3.05) is 21.3 Å². The minimum atomic E-state index is -0.276. The summed E-state index contributed by atoms with van der Waals surface area (Å²) in [7, 11) is 4.64. The summed E-state index contributed by atoms with van der Waals surface area (Å²) >= 11 is 0. The molecule has 0 fully saturated rings. The van der Waals surface area contributed by atoms with Crippen LogP contribution < -0.4 is 9.47 Å². The molecule has 2 aromatic rings. The Hall–Kier alpha value is -2.49. The molecule has 0 unspecified atom stereocenters. The number of methoxy groups -OCH3 is 3. The van der Waals surface area contributed by atoms with E-state index in [4.69, 9.17) is 14.2 Å². The maximum Gasteiger partial charge on any atom is 0.306 e. The number of esters is 1. The van der Waals surface area contributed by atoms with Crippen LogP contribution in [0.2, 0.25) is 0 Å². The van der Waals surface area contributed by atoms with E-state index >= 15 is 0 Å². The molecule has 0 aliphatic heterocycles. The third-order valence-electron chi connectivity index (χ3n) is 3.63. The van der Waals surface area contributed by atoms with Gasteiger partial charge in [-0.05, 0) is 12.1 Å². The van der Waals surface area contributed by atoms with E-state index in [1.54, 1.807) is 14.2 Å². The molecule has 0 spiro atoms. The first kappa shape index (κ1) is 15.9. The van der Waals surface area contributed by atoms with E-state index in [1.165, 1.54) is 7.11 Å². The molecule has 0 amide bonds.